The van der Waals surface area contributed by atoms with Gasteiger partial charge in [-0.1, -0.05) is 103 Å². The zero-order valence-corrected chi connectivity index (χ0v) is 91.1. The van der Waals surface area contributed by atoms with E-state index in [0.717, 1.165) is 19.4 Å². The van der Waals surface area contributed by atoms with Gasteiger partial charge in [0.15, 0.2) is 44.2 Å². The van der Waals surface area contributed by atoms with Crippen LogP contribution in [0, 0.1) is 11.6 Å². The van der Waals surface area contributed by atoms with Crippen LogP contribution in [-0.4, -0.2) is 304 Å². The molecule has 0 saturated carbocycles. The van der Waals surface area contributed by atoms with E-state index in [1.807, 2.05) is 34.4 Å². The van der Waals surface area contributed by atoms with E-state index in [0.29, 0.717) is 175 Å². The number of amidine groups is 5. The number of aliphatic hydroxyl groups excluding tert-OH is 1. The first-order valence-electron chi connectivity index (χ1n) is 47.3. The Morgan fingerprint density at radius 3 is 1.30 bits per heavy atom. The van der Waals surface area contributed by atoms with E-state index in [1.165, 1.54) is 65.4 Å². The fourth-order valence-corrected chi connectivity index (χ4v) is 20.8. The number of benzene rings is 4. The van der Waals surface area contributed by atoms with Gasteiger partial charge in [0.05, 0.1) is 120 Å². The Labute approximate surface area is 901 Å². The van der Waals surface area contributed by atoms with Crippen molar-refractivity contribution >= 4 is 196 Å². The van der Waals surface area contributed by atoms with E-state index in [9.17, 15) is 52.2 Å². The Bertz CT molecular complexity index is 6300. The topological polar surface area (TPSA) is 441 Å². The molecule has 4 aromatic carbocycles. The fourth-order valence-electron chi connectivity index (χ4n) is 16.9. The summed E-state index contributed by atoms with van der Waals surface area (Å²) in [6, 6.07) is 13.2. The van der Waals surface area contributed by atoms with Gasteiger partial charge in [0.2, 0.25) is 6.79 Å². The second-order valence-electron chi connectivity index (χ2n) is 34.8. The molecule has 38 nitrogen and oxygen atoms in total. The molecule has 0 aliphatic carbocycles. The van der Waals surface area contributed by atoms with Gasteiger partial charge >= 0.3 is 47.9 Å². The number of rotatable bonds is 32. The molecule has 12 heterocycles. The van der Waals surface area contributed by atoms with Crippen LogP contribution >= 0.6 is 112 Å². The molecule has 0 bridgehead atoms. The molecule has 0 amide bonds. The van der Waals surface area contributed by atoms with Gasteiger partial charge < -0.3 is 83.2 Å². The average Bonchev–Trinajstić information content (AvgIpc) is 1.61. The van der Waals surface area contributed by atoms with Crippen molar-refractivity contribution < 1.29 is 109 Å². The lowest BCUT2D eigenvalue weighted by atomic mass is 9.94. The molecule has 7 aromatic rings. The number of hydrogen-bond acceptors (Lipinski definition) is 41. The van der Waals surface area contributed by atoms with Crippen LogP contribution in [0.3, 0.4) is 0 Å². The number of thiazole rings is 3. The molecule has 4 saturated heterocycles. The van der Waals surface area contributed by atoms with Crippen LogP contribution in [0.2, 0.25) is 20.1 Å². The van der Waals surface area contributed by atoms with Gasteiger partial charge in [-0.05, 0) is 148 Å². The van der Waals surface area contributed by atoms with Crippen LogP contribution in [0.4, 0.5) is 13.6 Å². The summed E-state index contributed by atoms with van der Waals surface area (Å²) in [5, 5.41) is 31.8. The third kappa shape index (κ3) is 29.7. The minimum atomic E-state index is -0.953. The highest BCUT2D eigenvalue weighted by molar-refractivity contribution is 9.10. The van der Waals surface area contributed by atoms with E-state index in [2.05, 4.69) is 83.0 Å². The summed E-state index contributed by atoms with van der Waals surface area (Å²) in [4.78, 5) is 152. The summed E-state index contributed by atoms with van der Waals surface area (Å²) < 4.78 is 92.8. The minimum absolute atomic E-state index is 0.0212. The van der Waals surface area contributed by atoms with Crippen LogP contribution in [0.25, 0.3) is 0 Å². The number of esters is 7. The zero-order chi connectivity index (χ0) is 106. The Morgan fingerprint density at radius 2 is 0.912 bits per heavy atom. The average molecular weight is 2310 g/mol. The summed E-state index contributed by atoms with van der Waals surface area (Å²) in [5.41, 5.74) is 5.09. The number of carbonyl (C=O) groups excluding carboxylic acids is 8. The number of aromatic nitrogens is 3. The largest absolute Gasteiger partial charge is 0.511 e. The quantitative estimate of drug-likeness (QED) is 0.0148. The van der Waals surface area contributed by atoms with Gasteiger partial charge in [0.25, 0.3) is 0 Å². The van der Waals surface area contributed by atoms with Crippen molar-refractivity contribution in [1.82, 2.24) is 55.8 Å². The van der Waals surface area contributed by atoms with Gasteiger partial charge in [-0.25, -0.2) is 52.7 Å². The molecule has 792 valence electrons. The molecule has 0 radical (unpaired) electrons. The van der Waals surface area contributed by atoms with Crippen molar-refractivity contribution in [3.63, 3.8) is 0 Å². The van der Waals surface area contributed by atoms with E-state index in [1.54, 1.807) is 139 Å². The molecule has 9 aliphatic rings. The Kier molecular flexibility index (Phi) is 41.9. The van der Waals surface area contributed by atoms with Crippen molar-refractivity contribution in [1.29, 1.82) is 0 Å². The number of methoxy groups -OCH3 is 1. The van der Waals surface area contributed by atoms with Gasteiger partial charge in [-0.2, -0.15) is 0 Å². The fraction of sp³-hybridized carbons (Fsp3) is 0.444. The molecular formula is C99H111Br2Cl4F2N17O21S3. The van der Waals surface area contributed by atoms with Crippen molar-refractivity contribution in [2.75, 3.05) is 139 Å². The second kappa shape index (κ2) is 54.2. The normalized spacial score (nSPS) is 21.0. The molecule has 148 heavy (non-hydrogen) atoms. The summed E-state index contributed by atoms with van der Waals surface area (Å²) in [6.07, 6.45) is 6.94. The highest BCUT2D eigenvalue weighted by atomic mass is 79.9. The van der Waals surface area contributed by atoms with Gasteiger partial charge in [0.1, 0.15) is 53.9 Å². The number of aliphatic hydroxyl groups is 1. The maximum atomic E-state index is 13.9. The van der Waals surface area contributed by atoms with Crippen molar-refractivity contribution in [2.24, 2.45) is 30.0 Å². The number of likely N-dealkylation sites (tertiary alicyclic amines) is 1. The number of hydrogen-bond donors (Lipinski definition) is 5. The molecule has 49 heteroatoms. The summed E-state index contributed by atoms with van der Waals surface area (Å²) in [5.74, 6) is -2.21. The highest BCUT2D eigenvalue weighted by Gasteiger charge is 2.46. The minimum Gasteiger partial charge on any atom is -0.468 e. The van der Waals surface area contributed by atoms with E-state index in [-0.39, 0.29) is 108 Å². The van der Waals surface area contributed by atoms with E-state index < -0.39 is 108 Å². The predicted molar refractivity (Wildman–Crippen MR) is 560 cm³/mol. The number of morpholine rings is 3. The molecule has 0 spiro atoms. The van der Waals surface area contributed by atoms with Crippen LogP contribution in [-0.2, 0) is 90.4 Å². The van der Waals surface area contributed by atoms with Gasteiger partial charge in [0, 0.05) is 156 Å². The van der Waals surface area contributed by atoms with Crippen molar-refractivity contribution in [2.45, 2.75) is 148 Å². The molecule has 3 aromatic heterocycles. The maximum Gasteiger partial charge on any atom is 0.511 e. The van der Waals surface area contributed by atoms with Crippen LogP contribution in [0.15, 0.2) is 192 Å². The third-order valence-corrected chi connectivity index (χ3v) is 28.4. The smallest absolute Gasteiger partial charge is 0.468 e. The molecule has 8 atom stereocenters. The monoisotopic (exact) mass is 2310 g/mol. The molecular weight excluding hydrogens is 2200 g/mol. The Morgan fingerprint density at radius 1 is 0.507 bits per heavy atom. The maximum absolute atomic E-state index is 13.9. The van der Waals surface area contributed by atoms with E-state index >= 15 is 0 Å². The molecule has 5 N–H and O–H groups in total. The Balaban J connectivity index is 0.000000165. The zero-order valence-electron chi connectivity index (χ0n) is 82.5. The molecule has 16 rings (SSSR count). The number of carbonyl (C=O) groups is 8. The summed E-state index contributed by atoms with van der Waals surface area (Å²) >= 11 is 36.5. The summed E-state index contributed by atoms with van der Waals surface area (Å²) in [7, 11) is 1.33. The first-order valence-corrected chi connectivity index (χ1v) is 53.1. The van der Waals surface area contributed by atoms with E-state index in [4.69, 9.17) is 123 Å². The highest BCUT2D eigenvalue weighted by Crippen LogP contribution is 2.44. The predicted octanol–water partition coefficient (Wildman–Crippen LogP) is 14.1. The van der Waals surface area contributed by atoms with Crippen molar-refractivity contribution in [3.8, 4) is 0 Å². The molecule has 7 unspecified atom stereocenters. The lowest BCUT2D eigenvalue weighted by Gasteiger charge is -2.43. The number of ether oxygens (including phenoxy) is 12. The standard InChI is InChI=1S/C27H30Cl2N4O8S.C25H28BrFN4O5S.C25H28Cl2N4O5S.C22H25BrFN5O3/c1-4-38-26(35)21-19(12-33-8-9-37-13-20(33)25(34)39-14-40-27(36)41-15(2)3)31-23(24-30-7-10-42-24)32-22(21)17-6-5-16(28)11-18(17)29;1-5-35-24(33)19-17(11-31-13-25(2,3)36-12-18(31)23(32)34-4)29-21(22-28-8-9-37-22)30-20(19)15-7-6-14(27)10-16(15)26;1-4-35-25(33)20-18(12-31-8-9-34-13-19(31)24(32)36-14(2)3)29-22(23-28-7-10-37-23)30-21(20)16-6-5-15(26)11-17(16)27;1-2-32-22(31)18-17(11-29-9-3-4-14(29)12-30)27-21(20-25-7-8-26-20)28-19(18)15-6-5-13(24)10-16(15)23/h5-7,10-11,15,20,22H,4,8-9,12-14H2,1-3H3,(H,31,32);6-10,18,20H,5,11-13H2,1-4H3,(H,29,30);5-7,10-11,14,19,21H,4,8-9,12-13H2,1-3H3,(H,29,30);5-7,10,14,19,30H,2-4,8-9,11-12H2,1H3,(H,27,28)/t;;;14-,19?/m...0/s1. The van der Waals surface area contributed by atoms with Gasteiger partial charge in [-0.15, -0.1) is 34.0 Å². The molecule has 4 fully saturated rings. The van der Waals surface area contributed by atoms with Crippen LogP contribution < -0.4 is 21.3 Å². The SMILES string of the molecule is CCOC(=O)C1=C(CN2CC(C)(C)OCC2C(=O)OC)NC(c2nccs2)=NC1c1ccc(F)cc1Br.CCOC(=O)C1=C(CN2CCC[C@H]2CO)NC(C2=NCC=N2)=NC1c1ccc(F)cc1Br.CCOC(=O)C1=C(CN2CCOCC2C(=O)OC(C)C)NC(c2nccs2)=NC1c1ccc(Cl)cc1Cl.CCOC(=O)C1=C(CN2CCOCC2C(=O)OCOC(=O)OC(C)C)NC(c2nccs2)=NC1c1ccc(Cl)cc1Cl. The number of aliphatic imine (C=N–C) groups is 6. The lowest BCUT2D eigenvalue weighted by Crippen LogP contribution is -2.58. The summed E-state index contributed by atoms with van der Waals surface area (Å²) in [6.45, 7) is 22.3. The van der Waals surface area contributed by atoms with Crippen molar-refractivity contribution in [3.05, 3.63) is 231 Å². The van der Waals surface area contributed by atoms with Crippen LogP contribution in [0.1, 0.15) is 144 Å². The number of nitrogens with zero attached hydrogens (tertiary/aromatic N) is 13. The Hall–Kier alpha value is -10.8. The number of nitrogens with one attached hydrogen (secondary N) is 4. The third-order valence-electron chi connectivity index (χ3n) is 23.5. The van der Waals surface area contributed by atoms with Crippen LogP contribution in [0.5, 0.6) is 0 Å². The van der Waals surface area contributed by atoms with Gasteiger partial charge in [-0.3, -0.25) is 58.9 Å². The first kappa shape index (κ1) is 114. The first-order chi connectivity index (χ1) is 71.1. The lowest BCUT2D eigenvalue weighted by molar-refractivity contribution is -0.166. The second-order valence-corrected chi connectivity index (χ2v) is 40.9. The number of halogens is 8. The molecule has 9 aliphatic heterocycles.